The van der Waals surface area contributed by atoms with Crippen molar-refractivity contribution < 1.29 is 4.74 Å². The lowest BCUT2D eigenvalue weighted by atomic mass is 9.94. The molecule has 2 aromatic carbocycles. The molecule has 0 atom stereocenters. The van der Waals surface area contributed by atoms with Crippen molar-refractivity contribution in [2.45, 2.75) is 33.2 Å². The second-order valence-corrected chi connectivity index (χ2v) is 8.52. The SMILES string of the molecule is C=COc1ccc2c3cc(C4=C(C)CN=C4C)cc(C(=C)N)c3n(CC3CC3)c2c1. The number of fused-ring (bicyclic) bond motifs is 3. The van der Waals surface area contributed by atoms with Gasteiger partial charge in [0, 0.05) is 45.9 Å². The lowest BCUT2D eigenvalue weighted by Crippen LogP contribution is -2.05. The van der Waals surface area contributed by atoms with Crippen LogP contribution in [-0.4, -0.2) is 16.8 Å². The highest BCUT2D eigenvalue weighted by Gasteiger charge is 2.26. The van der Waals surface area contributed by atoms with Gasteiger partial charge in [-0.25, -0.2) is 0 Å². The molecule has 2 heterocycles. The van der Waals surface area contributed by atoms with Gasteiger partial charge in [0.2, 0.25) is 0 Å². The molecule has 1 aliphatic heterocycles. The Morgan fingerprint density at radius 1 is 1.23 bits per heavy atom. The molecule has 30 heavy (non-hydrogen) atoms. The summed E-state index contributed by atoms with van der Waals surface area (Å²) in [5.74, 6) is 1.52. The van der Waals surface area contributed by atoms with Crippen molar-refractivity contribution in [3.05, 3.63) is 66.5 Å². The smallest absolute Gasteiger partial charge is 0.128 e. The Bertz CT molecular complexity index is 1280. The Morgan fingerprint density at radius 3 is 2.67 bits per heavy atom. The molecular weight excluding hydrogens is 370 g/mol. The Balaban J connectivity index is 1.86. The van der Waals surface area contributed by atoms with E-state index in [4.69, 9.17) is 10.5 Å². The molecule has 0 bridgehead atoms. The maximum absolute atomic E-state index is 6.34. The Kier molecular flexibility index (Phi) is 4.31. The van der Waals surface area contributed by atoms with Gasteiger partial charge in [0.15, 0.2) is 0 Å². The largest absolute Gasteiger partial charge is 0.466 e. The van der Waals surface area contributed by atoms with Crippen LogP contribution in [-0.2, 0) is 6.54 Å². The molecular formula is C26H27N3O. The minimum absolute atomic E-state index is 0.593. The third kappa shape index (κ3) is 2.95. The molecule has 4 heteroatoms. The van der Waals surface area contributed by atoms with Crippen LogP contribution in [0.1, 0.15) is 37.8 Å². The van der Waals surface area contributed by atoms with Crippen molar-refractivity contribution in [3.8, 4) is 5.75 Å². The highest BCUT2D eigenvalue weighted by atomic mass is 16.5. The number of aromatic nitrogens is 1. The number of benzene rings is 2. The molecule has 152 valence electrons. The van der Waals surface area contributed by atoms with E-state index in [9.17, 15) is 0 Å². The Hall–Kier alpha value is -3.27. The van der Waals surface area contributed by atoms with Crippen LogP contribution in [0.15, 0.2) is 60.3 Å². The Labute approximate surface area is 177 Å². The minimum Gasteiger partial charge on any atom is -0.466 e. The predicted octanol–water partition coefficient (Wildman–Crippen LogP) is 5.90. The van der Waals surface area contributed by atoms with E-state index < -0.39 is 0 Å². The van der Waals surface area contributed by atoms with Crippen LogP contribution >= 0.6 is 0 Å². The minimum atomic E-state index is 0.593. The highest BCUT2D eigenvalue weighted by molar-refractivity contribution is 6.26. The number of nitrogens with zero attached hydrogens (tertiary/aromatic N) is 2. The quantitative estimate of drug-likeness (QED) is 0.526. The molecule has 1 saturated carbocycles. The van der Waals surface area contributed by atoms with Crippen LogP contribution in [0, 0.1) is 5.92 Å². The lowest BCUT2D eigenvalue weighted by Gasteiger charge is -2.14. The van der Waals surface area contributed by atoms with Crippen molar-refractivity contribution in [3.63, 3.8) is 0 Å². The van der Waals surface area contributed by atoms with Crippen molar-refractivity contribution in [1.29, 1.82) is 0 Å². The molecule has 1 aliphatic carbocycles. The first-order chi connectivity index (χ1) is 14.5. The molecule has 4 nitrogen and oxygen atoms in total. The molecule has 5 rings (SSSR count). The van der Waals surface area contributed by atoms with E-state index >= 15 is 0 Å². The van der Waals surface area contributed by atoms with Crippen LogP contribution in [0.5, 0.6) is 5.75 Å². The van der Waals surface area contributed by atoms with E-state index in [2.05, 4.69) is 60.8 Å². The summed E-state index contributed by atoms with van der Waals surface area (Å²) in [5, 5.41) is 2.41. The third-order valence-electron chi connectivity index (χ3n) is 6.26. The molecule has 0 spiro atoms. The molecule has 2 aliphatic rings. The number of allylic oxidation sites excluding steroid dienone is 1. The topological polar surface area (TPSA) is 52.5 Å². The number of hydrogen-bond donors (Lipinski definition) is 1. The van der Waals surface area contributed by atoms with Gasteiger partial charge >= 0.3 is 0 Å². The predicted molar refractivity (Wildman–Crippen MR) is 127 cm³/mol. The monoisotopic (exact) mass is 397 g/mol. The van der Waals surface area contributed by atoms with E-state index in [0.29, 0.717) is 5.70 Å². The molecule has 0 radical (unpaired) electrons. The fraction of sp³-hybridized carbons (Fsp3) is 0.269. The molecule has 2 N–H and O–H groups in total. The maximum atomic E-state index is 6.34. The van der Waals surface area contributed by atoms with Gasteiger partial charge in [-0.05, 0) is 68.0 Å². The zero-order valence-electron chi connectivity index (χ0n) is 17.7. The van der Waals surface area contributed by atoms with E-state index in [0.717, 1.165) is 47.1 Å². The number of aliphatic imine (C=N–C) groups is 1. The number of hydrogen-bond acceptors (Lipinski definition) is 3. The van der Waals surface area contributed by atoms with Crippen molar-refractivity contribution in [2.24, 2.45) is 16.6 Å². The van der Waals surface area contributed by atoms with Crippen LogP contribution in [0.3, 0.4) is 0 Å². The van der Waals surface area contributed by atoms with Gasteiger partial charge in [0.1, 0.15) is 5.75 Å². The summed E-state index contributed by atoms with van der Waals surface area (Å²) in [6.45, 7) is 13.8. The average Bonchev–Trinajstić information content (AvgIpc) is 3.41. The summed E-state index contributed by atoms with van der Waals surface area (Å²) < 4.78 is 7.99. The fourth-order valence-electron chi connectivity index (χ4n) is 4.68. The maximum Gasteiger partial charge on any atom is 0.128 e. The average molecular weight is 398 g/mol. The number of rotatable bonds is 6. The normalized spacial score (nSPS) is 16.4. The van der Waals surface area contributed by atoms with E-state index in [1.165, 1.54) is 46.5 Å². The van der Waals surface area contributed by atoms with Crippen molar-refractivity contribution in [1.82, 2.24) is 4.57 Å². The molecule has 0 amide bonds. The van der Waals surface area contributed by atoms with Crippen molar-refractivity contribution in [2.75, 3.05) is 6.54 Å². The molecule has 0 unspecified atom stereocenters. The first kappa shape index (κ1) is 18.7. The van der Waals surface area contributed by atoms with Crippen LogP contribution < -0.4 is 10.5 Å². The van der Waals surface area contributed by atoms with Crippen LogP contribution in [0.2, 0.25) is 0 Å². The zero-order valence-corrected chi connectivity index (χ0v) is 17.7. The van der Waals surface area contributed by atoms with Crippen LogP contribution in [0.4, 0.5) is 0 Å². The zero-order chi connectivity index (χ0) is 21.0. The number of nitrogens with two attached hydrogens (primary N) is 1. The van der Waals surface area contributed by atoms with Gasteiger partial charge in [-0.3, -0.25) is 4.99 Å². The van der Waals surface area contributed by atoms with E-state index in [-0.39, 0.29) is 0 Å². The molecule has 1 aromatic heterocycles. The third-order valence-corrected chi connectivity index (χ3v) is 6.26. The second kappa shape index (κ2) is 6.91. The second-order valence-electron chi connectivity index (χ2n) is 8.52. The molecule has 3 aromatic rings. The molecule has 1 fully saturated rings. The summed E-state index contributed by atoms with van der Waals surface area (Å²) >= 11 is 0. The van der Waals surface area contributed by atoms with Crippen molar-refractivity contribution >= 4 is 38.8 Å². The lowest BCUT2D eigenvalue weighted by molar-refractivity contribution is 0.484. The summed E-state index contributed by atoms with van der Waals surface area (Å²) in [7, 11) is 0. The Morgan fingerprint density at radius 2 is 2.03 bits per heavy atom. The summed E-state index contributed by atoms with van der Waals surface area (Å²) in [5.41, 5.74) is 15.0. The first-order valence-electron chi connectivity index (χ1n) is 10.5. The molecule has 0 saturated heterocycles. The van der Waals surface area contributed by atoms with E-state index in [1.807, 2.05) is 6.07 Å². The highest BCUT2D eigenvalue weighted by Crippen LogP contribution is 2.41. The first-order valence-corrected chi connectivity index (χ1v) is 10.5. The number of ether oxygens (including phenoxy) is 1. The van der Waals surface area contributed by atoms with Gasteiger partial charge < -0.3 is 15.0 Å². The van der Waals surface area contributed by atoms with Crippen LogP contribution in [0.25, 0.3) is 33.1 Å². The summed E-state index contributed by atoms with van der Waals surface area (Å²) in [6.07, 6.45) is 4.03. The standard InChI is InChI=1S/C26H27N3O/c1-5-30-20-8-9-21-23-11-19(25-15(2)13-28-17(25)4)10-22(16(3)27)26(23)29(24(21)12-20)14-18-6-7-18/h5,8-12,18H,1,3,6-7,13-14,27H2,2,4H3. The van der Waals surface area contributed by atoms with Gasteiger partial charge in [-0.15, -0.1) is 0 Å². The summed E-state index contributed by atoms with van der Waals surface area (Å²) in [6, 6.07) is 10.7. The van der Waals surface area contributed by atoms with E-state index in [1.54, 1.807) is 0 Å². The van der Waals surface area contributed by atoms with Gasteiger partial charge in [0.25, 0.3) is 0 Å². The fourth-order valence-corrected chi connectivity index (χ4v) is 4.68. The summed E-state index contributed by atoms with van der Waals surface area (Å²) in [4.78, 5) is 4.63. The van der Waals surface area contributed by atoms with Gasteiger partial charge in [-0.1, -0.05) is 13.2 Å². The van der Waals surface area contributed by atoms with Gasteiger partial charge in [0.05, 0.1) is 23.8 Å². The van der Waals surface area contributed by atoms with Gasteiger partial charge in [-0.2, -0.15) is 0 Å².